The first-order valence-electron chi connectivity index (χ1n) is 6.69. The van der Waals surface area contributed by atoms with Crippen molar-refractivity contribution in [2.45, 2.75) is 13.8 Å². The van der Waals surface area contributed by atoms with Gasteiger partial charge in [0.15, 0.2) is 0 Å². The van der Waals surface area contributed by atoms with Gasteiger partial charge in [0.25, 0.3) is 0 Å². The standard InChI is InChI=1S/C18H17Cl2P/c1-14(2)8-7-13-21(15-9-4-3-5-10-15)17-12-6-11-16(19)18(17)20/h3-13H,1-2H3. The average molecular weight is 335 g/mol. The van der Waals surface area contributed by atoms with Gasteiger partial charge in [-0.25, -0.2) is 0 Å². The van der Waals surface area contributed by atoms with E-state index in [9.17, 15) is 0 Å². The van der Waals surface area contributed by atoms with E-state index in [1.165, 1.54) is 10.9 Å². The minimum atomic E-state index is -0.660. The number of allylic oxidation sites excluding steroid dienone is 3. The van der Waals surface area contributed by atoms with E-state index in [0.717, 1.165) is 5.30 Å². The van der Waals surface area contributed by atoms with Gasteiger partial charge in [-0.3, -0.25) is 0 Å². The van der Waals surface area contributed by atoms with E-state index in [-0.39, 0.29) is 0 Å². The van der Waals surface area contributed by atoms with Crippen LogP contribution in [0.3, 0.4) is 0 Å². The zero-order chi connectivity index (χ0) is 15.2. The van der Waals surface area contributed by atoms with E-state index in [4.69, 9.17) is 23.2 Å². The summed E-state index contributed by atoms with van der Waals surface area (Å²) < 4.78 is 0. The number of benzene rings is 2. The highest BCUT2D eigenvalue weighted by Crippen LogP contribution is 2.39. The molecular formula is C18H17Cl2P. The molecule has 0 aromatic heterocycles. The molecule has 21 heavy (non-hydrogen) atoms. The average Bonchev–Trinajstić information content (AvgIpc) is 2.48. The number of hydrogen-bond donors (Lipinski definition) is 0. The first-order valence-corrected chi connectivity index (χ1v) is 8.86. The Bertz CT molecular complexity index is 656. The third kappa shape index (κ3) is 4.45. The zero-order valence-electron chi connectivity index (χ0n) is 12.1. The van der Waals surface area contributed by atoms with Crippen LogP contribution in [0.15, 0.2) is 72.1 Å². The molecule has 0 spiro atoms. The molecule has 0 aliphatic carbocycles. The molecule has 0 saturated carbocycles. The molecule has 0 aliphatic rings. The number of halogens is 2. The van der Waals surface area contributed by atoms with Gasteiger partial charge in [0, 0.05) is 5.30 Å². The molecule has 0 fully saturated rings. The number of rotatable bonds is 4. The van der Waals surface area contributed by atoms with Crippen LogP contribution in [0, 0.1) is 0 Å². The van der Waals surface area contributed by atoms with Gasteiger partial charge in [0.05, 0.1) is 10.0 Å². The van der Waals surface area contributed by atoms with Crippen molar-refractivity contribution in [3.05, 3.63) is 82.1 Å². The Hall–Kier alpha value is -1.07. The van der Waals surface area contributed by atoms with Gasteiger partial charge < -0.3 is 0 Å². The highest BCUT2D eigenvalue weighted by atomic mass is 35.5. The highest BCUT2D eigenvalue weighted by molar-refractivity contribution is 7.76. The van der Waals surface area contributed by atoms with Crippen LogP contribution in [0.2, 0.25) is 10.0 Å². The molecule has 2 aromatic carbocycles. The molecule has 2 aromatic rings. The van der Waals surface area contributed by atoms with Crippen LogP contribution in [-0.2, 0) is 0 Å². The summed E-state index contributed by atoms with van der Waals surface area (Å²) in [6, 6.07) is 16.2. The Kier molecular flexibility index (Phi) is 6.06. The smallest absolute Gasteiger partial charge is 0.0675 e. The van der Waals surface area contributed by atoms with Gasteiger partial charge in [0.2, 0.25) is 0 Å². The Labute approximate surface area is 137 Å². The van der Waals surface area contributed by atoms with Crippen molar-refractivity contribution in [3.63, 3.8) is 0 Å². The van der Waals surface area contributed by atoms with Crippen LogP contribution in [-0.4, -0.2) is 0 Å². The molecule has 0 nitrogen and oxygen atoms in total. The van der Waals surface area contributed by atoms with Crippen molar-refractivity contribution in [1.82, 2.24) is 0 Å². The zero-order valence-corrected chi connectivity index (χ0v) is 14.5. The summed E-state index contributed by atoms with van der Waals surface area (Å²) in [5.74, 6) is 2.22. The van der Waals surface area contributed by atoms with Crippen LogP contribution in [0.4, 0.5) is 0 Å². The monoisotopic (exact) mass is 334 g/mol. The molecule has 2 rings (SSSR count). The molecule has 1 unspecified atom stereocenters. The largest absolute Gasteiger partial charge is 0.0827 e. The minimum absolute atomic E-state index is 0.605. The summed E-state index contributed by atoms with van der Waals surface area (Å²) in [7, 11) is -0.660. The fourth-order valence-electron chi connectivity index (χ4n) is 1.89. The van der Waals surface area contributed by atoms with Gasteiger partial charge >= 0.3 is 0 Å². The molecule has 0 N–H and O–H groups in total. The van der Waals surface area contributed by atoms with Gasteiger partial charge in [-0.2, -0.15) is 0 Å². The Morgan fingerprint density at radius 2 is 1.67 bits per heavy atom. The predicted octanol–water partition coefficient (Wildman–Crippen LogP) is 5.91. The molecule has 108 valence electrons. The Balaban J connectivity index is 2.48. The summed E-state index contributed by atoms with van der Waals surface area (Å²) in [6.45, 7) is 4.17. The predicted molar refractivity (Wildman–Crippen MR) is 97.7 cm³/mol. The summed E-state index contributed by atoms with van der Waals surface area (Å²) >= 11 is 12.6. The van der Waals surface area contributed by atoms with E-state index in [2.05, 4.69) is 62.1 Å². The lowest BCUT2D eigenvalue weighted by molar-refractivity contribution is 1.39. The Morgan fingerprint density at radius 1 is 0.952 bits per heavy atom. The third-order valence-corrected chi connectivity index (χ3v) is 6.06. The summed E-state index contributed by atoms with van der Waals surface area (Å²) in [4.78, 5) is 0. The van der Waals surface area contributed by atoms with Crippen molar-refractivity contribution in [3.8, 4) is 0 Å². The van der Waals surface area contributed by atoms with Crippen LogP contribution < -0.4 is 10.6 Å². The molecule has 0 bridgehead atoms. The molecule has 0 radical (unpaired) electrons. The van der Waals surface area contributed by atoms with Crippen molar-refractivity contribution >= 4 is 41.7 Å². The maximum atomic E-state index is 6.41. The second kappa shape index (κ2) is 7.80. The first kappa shape index (κ1) is 16.3. The maximum Gasteiger partial charge on any atom is 0.0675 e. The quantitative estimate of drug-likeness (QED) is 0.482. The summed E-state index contributed by atoms with van der Waals surface area (Å²) in [6.07, 6.45) is 4.21. The Morgan fingerprint density at radius 3 is 2.33 bits per heavy atom. The van der Waals surface area contributed by atoms with Crippen molar-refractivity contribution < 1.29 is 0 Å². The molecule has 3 heteroatoms. The lowest BCUT2D eigenvalue weighted by atomic mass is 10.3. The van der Waals surface area contributed by atoms with Crippen LogP contribution >= 0.6 is 31.1 Å². The minimum Gasteiger partial charge on any atom is -0.0827 e. The topological polar surface area (TPSA) is 0 Å². The fraction of sp³-hybridized carbons (Fsp3) is 0.111. The van der Waals surface area contributed by atoms with E-state index < -0.39 is 7.92 Å². The van der Waals surface area contributed by atoms with Gasteiger partial charge in [-0.15, -0.1) is 0 Å². The van der Waals surface area contributed by atoms with E-state index in [1.807, 2.05) is 18.2 Å². The first-order chi connectivity index (χ1) is 10.1. The molecule has 0 aliphatic heterocycles. The van der Waals surface area contributed by atoms with Crippen LogP contribution in [0.25, 0.3) is 0 Å². The lowest BCUT2D eigenvalue weighted by Crippen LogP contribution is -2.11. The summed E-state index contributed by atoms with van der Waals surface area (Å²) in [5.41, 5.74) is 1.27. The van der Waals surface area contributed by atoms with E-state index in [0.29, 0.717) is 10.0 Å². The van der Waals surface area contributed by atoms with Crippen molar-refractivity contribution in [2.75, 3.05) is 0 Å². The lowest BCUT2D eigenvalue weighted by Gasteiger charge is -2.16. The molecule has 0 saturated heterocycles. The normalized spacial score (nSPS) is 12.4. The van der Waals surface area contributed by atoms with Crippen LogP contribution in [0.1, 0.15) is 13.8 Å². The third-order valence-electron chi connectivity index (χ3n) is 2.89. The second-order valence-electron chi connectivity index (χ2n) is 4.86. The van der Waals surface area contributed by atoms with Gasteiger partial charge in [-0.1, -0.05) is 89.2 Å². The summed E-state index contributed by atoms with van der Waals surface area (Å²) in [5, 5.41) is 3.60. The van der Waals surface area contributed by atoms with Gasteiger partial charge in [-0.05, 0) is 33.1 Å². The van der Waals surface area contributed by atoms with Crippen molar-refractivity contribution in [2.24, 2.45) is 0 Å². The molecular weight excluding hydrogens is 318 g/mol. The second-order valence-corrected chi connectivity index (χ2v) is 7.69. The maximum absolute atomic E-state index is 6.41. The molecule has 0 heterocycles. The number of hydrogen-bond acceptors (Lipinski definition) is 0. The fourth-order valence-corrected chi connectivity index (χ4v) is 4.47. The molecule has 1 atom stereocenters. The SMILES string of the molecule is CC(C)=CC=CP(c1ccccc1)c1cccc(Cl)c1Cl. The van der Waals surface area contributed by atoms with Gasteiger partial charge in [0.1, 0.15) is 0 Å². The van der Waals surface area contributed by atoms with E-state index >= 15 is 0 Å². The van der Waals surface area contributed by atoms with Crippen molar-refractivity contribution in [1.29, 1.82) is 0 Å². The molecule has 0 amide bonds. The highest BCUT2D eigenvalue weighted by Gasteiger charge is 2.15. The van der Waals surface area contributed by atoms with Crippen LogP contribution in [0.5, 0.6) is 0 Å². The van der Waals surface area contributed by atoms with E-state index in [1.54, 1.807) is 0 Å².